The zero-order valence-corrected chi connectivity index (χ0v) is 5.74. The minimum Gasteiger partial charge on any atom is -0.399 e. The molecule has 5 nitrogen and oxygen atoms in total. The Labute approximate surface area is 63.2 Å². The van der Waals surface area contributed by atoms with Crippen molar-refractivity contribution in [1.29, 1.82) is 0 Å². The standard InChI is InChI=1S/C6H8N4O/c7-3-1-4(6(9)11)10-5(8)2-3/h1-2H,(H2,9,11)(H4,7,8,10). The zero-order valence-electron chi connectivity index (χ0n) is 5.74. The predicted octanol–water partition coefficient (Wildman–Crippen LogP) is -0.655. The Hall–Kier alpha value is -1.78. The number of nitrogens with zero attached hydrogens (tertiary/aromatic N) is 1. The van der Waals surface area contributed by atoms with Crippen molar-refractivity contribution < 1.29 is 4.79 Å². The lowest BCUT2D eigenvalue weighted by molar-refractivity contribution is 0.0996. The molecule has 1 aromatic heterocycles. The summed E-state index contributed by atoms with van der Waals surface area (Å²) >= 11 is 0. The van der Waals surface area contributed by atoms with Crippen molar-refractivity contribution in [2.24, 2.45) is 5.73 Å². The average Bonchev–Trinajstić information content (AvgIpc) is 1.85. The minimum absolute atomic E-state index is 0.0856. The molecular formula is C6H8N4O. The molecule has 6 N–H and O–H groups in total. The molecule has 11 heavy (non-hydrogen) atoms. The second-order valence-electron chi connectivity index (χ2n) is 2.07. The Bertz CT molecular complexity index is 276. The van der Waals surface area contributed by atoms with Gasteiger partial charge in [-0.05, 0) is 6.07 Å². The molecule has 1 amide bonds. The third kappa shape index (κ3) is 1.57. The summed E-state index contributed by atoms with van der Waals surface area (Å²) in [5.41, 5.74) is 16.1. The highest BCUT2D eigenvalue weighted by atomic mass is 16.1. The van der Waals surface area contributed by atoms with Crippen LogP contribution in [0, 0.1) is 0 Å². The number of nitrogen functional groups attached to an aromatic ring is 2. The van der Waals surface area contributed by atoms with Gasteiger partial charge in [-0.3, -0.25) is 4.79 Å². The molecular weight excluding hydrogens is 144 g/mol. The molecule has 58 valence electrons. The lowest BCUT2D eigenvalue weighted by atomic mass is 10.3. The van der Waals surface area contributed by atoms with E-state index in [9.17, 15) is 4.79 Å². The molecule has 1 rings (SSSR count). The van der Waals surface area contributed by atoms with E-state index in [1.165, 1.54) is 12.1 Å². The smallest absolute Gasteiger partial charge is 0.267 e. The molecule has 0 aromatic carbocycles. The first-order valence-corrected chi connectivity index (χ1v) is 2.92. The number of primary amides is 1. The molecule has 1 heterocycles. The molecule has 0 saturated heterocycles. The second-order valence-corrected chi connectivity index (χ2v) is 2.07. The van der Waals surface area contributed by atoms with Crippen molar-refractivity contribution in [3.8, 4) is 0 Å². The van der Waals surface area contributed by atoms with Gasteiger partial charge in [0.1, 0.15) is 11.5 Å². The first-order chi connectivity index (χ1) is 5.09. The van der Waals surface area contributed by atoms with Crippen LogP contribution in [0.5, 0.6) is 0 Å². The Kier molecular flexibility index (Phi) is 1.63. The monoisotopic (exact) mass is 152 g/mol. The molecule has 0 radical (unpaired) electrons. The molecule has 0 aliphatic carbocycles. The fourth-order valence-corrected chi connectivity index (χ4v) is 0.700. The first-order valence-electron chi connectivity index (χ1n) is 2.92. The highest BCUT2D eigenvalue weighted by Gasteiger charge is 2.02. The van der Waals surface area contributed by atoms with Crippen LogP contribution in [0.15, 0.2) is 12.1 Å². The van der Waals surface area contributed by atoms with Gasteiger partial charge in [-0.25, -0.2) is 4.98 Å². The number of amides is 1. The van der Waals surface area contributed by atoms with Gasteiger partial charge in [0, 0.05) is 11.8 Å². The van der Waals surface area contributed by atoms with E-state index in [0.29, 0.717) is 5.69 Å². The van der Waals surface area contributed by atoms with Crippen molar-refractivity contribution in [2.45, 2.75) is 0 Å². The van der Waals surface area contributed by atoms with Crippen LogP contribution in [0.1, 0.15) is 10.5 Å². The number of carbonyl (C=O) groups excluding carboxylic acids is 1. The molecule has 0 saturated carbocycles. The minimum atomic E-state index is -0.635. The predicted molar refractivity (Wildman–Crippen MR) is 41.6 cm³/mol. The normalized spacial score (nSPS) is 9.45. The molecule has 0 unspecified atom stereocenters. The molecule has 5 heteroatoms. The van der Waals surface area contributed by atoms with E-state index < -0.39 is 5.91 Å². The van der Waals surface area contributed by atoms with E-state index >= 15 is 0 Å². The Morgan fingerprint density at radius 3 is 2.45 bits per heavy atom. The van der Waals surface area contributed by atoms with Gasteiger partial charge in [-0.2, -0.15) is 0 Å². The molecule has 1 aromatic rings. The summed E-state index contributed by atoms with van der Waals surface area (Å²) < 4.78 is 0. The van der Waals surface area contributed by atoms with Crippen molar-refractivity contribution in [3.05, 3.63) is 17.8 Å². The quantitative estimate of drug-likeness (QED) is 0.496. The van der Waals surface area contributed by atoms with Gasteiger partial charge in [0.15, 0.2) is 0 Å². The van der Waals surface area contributed by atoms with Gasteiger partial charge < -0.3 is 17.2 Å². The number of hydrogen-bond donors (Lipinski definition) is 3. The second kappa shape index (κ2) is 2.45. The van der Waals surface area contributed by atoms with Crippen LogP contribution < -0.4 is 17.2 Å². The number of carbonyl (C=O) groups is 1. The van der Waals surface area contributed by atoms with E-state index in [-0.39, 0.29) is 11.5 Å². The Morgan fingerprint density at radius 2 is 2.00 bits per heavy atom. The third-order valence-electron chi connectivity index (χ3n) is 1.12. The summed E-state index contributed by atoms with van der Waals surface area (Å²) in [7, 11) is 0. The maximum atomic E-state index is 10.6. The van der Waals surface area contributed by atoms with Crippen LogP contribution in [0.3, 0.4) is 0 Å². The molecule has 0 aliphatic heterocycles. The van der Waals surface area contributed by atoms with Gasteiger partial charge in [-0.15, -0.1) is 0 Å². The van der Waals surface area contributed by atoms with Gasteiger partial charge in [0.25, 0.3) is 5.91 Å². The maximum Gasteiger partial charge on any atom is 0.267 e. The van der Waals surface area contributed by atoms with Gasteiger partial charge in [0.05, 0.1) is 0 Å². The lowest BCUT2D eigenvalue weighted by Crippen LogP contribution is -2.14. The zero-order chi connectivity index (χ0) is 8.43. The molecule has 0 fully saturated rings. The maximum absolute atomic E-state index is 10.6. The molecule has 0 spiro atoms. The first kappa shape index (κ1) is 7.33. The van der Waals surface area contributed by atoms with Gasteiger partial charge in [-0.1, -0.05) is 0 Å². The number of pyridine rings is 1. The number of aromatic nitrogens is 1. The lowest BCUT2D eigenvalue weighted by Gasteiger charge is -1.98. The van der Waals surface area contributed by atoms with Crippen LogP contribution in [-0.4, -0.2) is 10.9 Å². The Balaban J connectivity index is 3.19. The number of nitrogens with two attached hydrogens (primary N) is 3. The Morgan fingerprint density at radius 1 is 1.36 bits per heavy atom. The third-order valence-corrected chi connectivity index (χ3v) is 1.12. The van der Waals surface area contributed by atoms with E-state index in [0.717, 1.165) is 0 Å². The van der Waals surface area contributed by atoms with Crippen LogP contribution in [0.2, 0.25) is 0 Å². The van der Waals surface area contributed by atoms with Gasteiger partial charge >= 0.3 is 0 Å². The topological polar surface area (TPSA) is 108 Å². The summed E-state index contributed by atoms with van der Waals surface area (Å²) in [4.78, 5) is 14.2. The van der Waals surface area contributed by atoms with Crippen molar-refractivity contribution in [3.63, 3.8) is 0 Å². The number of anilines is 2. The van der Waals surface area contributed by atoms with E-state index in [1.807, 2.05) is 0 Å². The van der Waals surface area contributed by atoms with Crippen LogP contribution >= 0.6 is 0 Å². The number of rotatable bonds is 1. The van der Waals surface area contributed by atoms with Crippen molar-refractivity contribution in [1.82, 2.24) is 4.98 Å². The van der Waals surface area contributed by atoms with Gasteiger partial charge in [0.2, 0.25) is 0 Å². The SMILES string of the molecule is NC(=O)c1cc(N)cc(N)n1. The highest BCUT2D eigenvalue weighted by Crippen LogP contribution is 2.07. The fraction of sp³-hybridized carbons (Fsp3) is 0. The summed E-state index contributed by atoms with van der Waals surface area (Å²) in [5.74, 6) is -0.442. The largest absolute Gasteiger partial charge is 0.399 e. The fourth-order valence-electron chi connectivity index (χ4n) is 0.700. The van der Waals surface area contributed by atoms with Crippen LogP contribution in [0.25, 0.3) is 0 Å². The van der Waals surface area contributed by atoms with Crippen LogP contribution in [-0.2, 0) is 0 Å². The van der Waals surface area contributed by atoms with Crippen molar-refractivity contribution >= 4 is 17.4 Å². The average molecular weight is 152 g/mol. The van der Waals surface area contributed by atoms with E-state index in [2.05, 4.69) is 4.98 Å². The highest BCUT2D eigenvalue weighted by molar-refractivity contribution is 5.92. The summed E-state index contributed by atoms with van der Waals surface area (Å²) in [6.45, 7) is 0. The summed E-state index contributed by atoms with van der Waals surface area (Å²) in [6, 6.07) is 2.82. The molecule has 0 bridgehead atoms. The van der Waals surface area contributed by atoms with Crippen molar-refractivity contribution in [2.75, 3.05) is 11.5 Å². The van der Waals surface area contributed by atoms with E-state index in [1.54, 1.807) is 0 Å². The van der Waals surface area contributed by atoms with E-state index in [4.69, 9.17) is 17.2 Å². The summed E-state index contributed by atoms with van der Waals surface area (Å²) in [6.07, 6.45) is 0. The molecule has 0 aliphatic rings. The number of hydrogen-bond acceptors (Lipinski definition) is 4. The van der Waals surface area contributed by atoms with Crippen LogP contribution in [0.4, 0.5) is 11.5 Å². The molecule has 0 atom stereocenters. The summed E-state index contributed by atoms with van der Waals surface area (Å²) in [5, 5.41) is 0.